The highest BCUT2D eigenvalue weighted by molar-refractivity contribution is 7.99. The number of methoxy groups -OCH3 is 1. The first kappa shape index (κ1) is 17.5. The predicted molar refractivity (Wildman–Crippen MR) is 94.9 cm³/mol. The molecule has 0 aliphatic heterocycles. The van der Waals surface area contributed by atoms with Gasteiger partial charge in [-0.3, -0.25) is 9.36 Å². The third kappa shape index (κ3) is 4.02. The second-order valence-electron chi connectivity index (χ2n) is 5.02. The molecule has 0 unspecified atom stereocenters. The largest absolute Gasteiger partial charge is 0.497 e. The highest BCUT2D eigenvalue weighted by atomic mass is 32.2. The van der Waals surface area contributed by atoms with Gasteiger partial charge in [0.2, 0.25) is 0 Å². The number of H-pyrrole nitrogens is 2. The Bertz CT molecular complexity index is 1050. The van der Waals surface area contributed by atoms with Crippen LogP contribution in [-0.2, 0) is 4.57 Å². The fourth-order valence-corrected chi connectivity index (χ4v) is 3.56. The number of benzene rings is 1. The van der Waals surface area contributed by atoms with E-state index < -0.39 is 7.60 Å². The molecule has 0 saturated heterocycles. The lowest BCUT2D eigenvalue weighted by Gasteiger charge is -2.08. The van der Waals surface area contributed by atoms with Crippen LogP contribution in [0, 0.1) is 0 Å². The molecule has 0 aliphatic rings. The smallest absolute Gasteiger partial charge is 0.349 e. The first-order valence-electron chi connectivity index (χ1n) is 7.02. The topological polar surface area (TPSA) is 128 Å². The van der Waals surface area contributed by atoms with E-state index in [4.69, 9.17) is 14.5 Å². The molecule has 0 radical (unpaired) electrons. The van der Waals surface area contributed by atoms with Crippen molar-refractivity contribution in [3.8, 4) is 5.75 Å². The number of rotatable bonds is 5. The van der Waals surface area contributed by atoms with Gasteiger partial charge in [-0.25, -0.2) is 4.98 Å². The minimum atomic E-state index is -4.27. The molecule has 3 aromatic rings. The summed E-state index contributed by atoms with van der Waals surface area (Å²) < 4.78 is 16.3. The number of hydrogen-bond acceptors (Lipinski definition) is 5. The molecule has 0 amide bonds. The van der Waals surface area contributed by atoms with E-state index in [9.17, 15) is 9.36 Å². The summed E-state index contributed by atoms with van der Waals surface area (Å²) >= 11 is 1.31. The molecule has 0 spiro atoms. The van der Waals surface area contributed by atoms with Gasteiger partial charge in [0.25, 0.3) is 5.56 Å². The van der Waals surface area contributed by atoms with Crippen LogP contribution in [0.1, 0.15) is 5.56 Å². The molecule has 25 heavy (non-hydrogen) atoms. The van der Waals surface area contributed by atoms with Crippen LogP contribution >= 0.6 is 19.4 Å². The van der Waals surface area contributed by atoms with Crippen LogP contribution in [0.15, 0.2) is 51.1 Å². The van der Waals surface area contributed by atoms with Gasteiger partial charge in [0.05, 0.1) is 18.3 Å². The van der Waals surface area contributed by atoms with E-state index in [0.717, 1.165) is 5.82 Å². The van der Waals surface area contributed by atoms with Crippen molar-refractivity contribution in [1.82, 2.24) is 15.0 Å². The Morgan fingerprint density at radius 2 is 2.08 bits per heavy atom. The summed E-state index contributed by atoms with van der Waals surface area (Å²) in [5.74, 6) is 1.44. The molecule has 1 aromatic carbocycles. The summed E-state index contributed by atoms with van der Waals surface area (Å²) in [6, 6.07) is 5.14. The van der Waals surface area contributed by atoms with Gasteiger partial charge in [0, 0.05) is 16.9 Å². The van der Waals surface area contributed by atoms with Gasteiger partial charge >= 0.3 is 7.60 Å². The zero-order valence-corrected chi connectivity index (χ0v) is 14.7. The van der Waals surface area contributed by atoms with Crippen molar-refractivity contribution in [1.29, 1.82) is 0 Å². The Hall–Kier alpha value is -2.32. The highest BCUT2D eigenvalue weighted by Crippen LogP contribution is 2.40. The molecule has 10 heteroatoms. The molecular formula is C15H14N3O5PS. The third-order valence-corrected chi connectivity index (χ3v) is 4.97. The third-order valence-electron chi connectivity index (χ3n) is 3.32. The molecule has 2 aromatic heterocycles. The zero-order chi connectivity index (χ0) is 18.0. The lowest BCUT2D eigenvalue weighted by atomic mass is 10.2. The van der Waals surface area contributed by atoms with Crippen molar-refractivity contribution in [3.63, 3.8) is 0 Å². The first-order valence-corrected chi connectivity index (χ1v) is 9.52. The second kappa shape index (κ2) is 6.89. The van der Waals surface area contributed by atoms with Crippen molar-refractivity contribution in [3.05, 3.63) is 52.5 Å². The first-order chi connectivity index (χ1) is 11.9. The Labute approximate surface area is 146 Å². The van der Waals surface area contributed by atoms with E-state index in [1.165, 1.54) is 31.3 Å². The van der Waals surface area contributed by atoms with Gasteiger partial charge in [-0.2, -0.15) is 0 Å². The van der Waals surface area contributed by atoms with Gasteiger partial charge in [-0.15, -0.1) is 0 Å². The SMILES string of the molecule is COc1ccc(/C=C/P(=O)(O)O)c(Sc2c[nH]c3c(=O)[nH]cnc23)c1. The number of hydrogen-bond donors (Lipinski definition) is 4. The standard InChI is InChI=1S/C15H14N3O5PS/c1-23-10-3-2-9(4-5-24(20,21)22)11(6-10)25-12-7-16-14-13(12)17-8-18-15(14)19/h2-8,16H,1H3,(H,17,18,19)(H2,20,21,22)/b5-4+. The molecule has 0 fully saturated rings. The summed E-state index contributed by atoms with van der Waals surface area (Å²) in [5.41, 5.74) is 1.21. The number of aromatic amines is 2. The number of aromatic nitrogens is 3. The summed E-state index contributed by atoms with van der Waals surface area (Å²) in [7, 11) is -2.74. The minimum Gasteiger partial charge on any atom is -0.497 e. The fraction of sp³-hybridized carbons (Fsp3) is 0.0667. The van der Waals surface area contributed by atoms with Crippen LogP contribution < -0.4 is 10.3 Å². The normalized spacial score (nSPS) is 12.1. The van der Waals surface area contributed by atoms with Crippen LogP contribution in [0.25, 0.3) is 17.1 Å². The Morgan fingerprint density at radius 3 is 2.80 bits per heavy atom. The molecule has 0 saturated carbocycles. The molecule has 4 N–H and O–H groups in total. The molecule has 0 bridgehead atoms. The predicted octanol–water partition coefficient (Wildman–Crippen LogP) is 2.56. The number of nitrogens with zero attached hydrogens (tertiary/aromatic N) is 1. The van der Waals surface area contributed by atoms with E-state index in [2.05, 4.69) is 15.0 Å². The van der Waals surface area contributed by atoms with Gasteiger partial charge in [0.1, 0.15) is 16.8 Å². The summed E-state index contributed by atoms with van der Waals surface area (Å²) in [5, 5.41) is 0. The summed E-state index contributed by atoms with van der Waals surface area (Å²) in [4.78, 5) is 40.8. The lowest BCUT2D eigenvalue weighted by molar-refractivity contribution is 0.386. The van der Waals surface area contributed by atoms with Crippen molar-refractivity contribution in [2.75, 3.05) is 7.11 Å². The van der Waals surface area contributed by atoms with Gasteiger partial charge in [0.15, 0.2) is 0 Å². The molecule has 8 nitrogen and oxygen atoms in total. The van der Waals surface area contributed by atoms with Crippen molar-refractivity contribution >= 4 is 36.5 Å². The van der Waals surface area contributed by atoms with Gasteiger partial charge in [-0.1, -0.05) is 17.8 Å². The fourth-order valence-electron chi connectivity index (χ4n) is 2.17. The molecule has 2 heterocycles. The van der Waals surface area contributed by atoms with E-state index in [-0.39, 0.29) is 5.56 Å². The van der Waals surface area contributed by atoms with Crippen LogP contribution in [0.4, 0.5) is 0 Å². The Balaban J connectivity index is 2.05. The summed E-state index contributed by atoms with van der Waals surface area (Å²) in [6.45, 7) is 0. The highest BCUT2D eigenvalue weighted by Gasteiger charge is 2.13. The monoisotopic (exact) mass is 379 g/mol. The maximum Gasteiger partial charge on any atom is 0.349 e. The van der Waals surface area contributed by atoms with Crippen LogP contribution in [0.3, 0.4) is 0 Å². The van der Waals surface area contributed by atoms with E-state index in [1.807, 2.05) is 0 Å². The second-order valence-corrected chi connectivity index (χ2v) is 7.58. The minimum absolute atomic E-state index is 0.274. The van der Waals surface area contributed by atoms with E-state index in [0.29, 0.717) is 32.1 Å². The Kier molecular flexibility index (Phi) is 4.82. The maximum absolute atomic E-state index is 11.8. The van der Waals surface area contributed by atoms with Gasteiger partial charge in [-0.05, 0) is 23.8 Å². The van der Waals surface area contributed by atoms with Crippen LogP contribution in [0.2, 0.25) is 0 Å². The van der Waals surface area contributed by atoms with E-state index >= 15 is 0 Å². The maximum atomic E-state index is 11.8. The number of ether oxygens (including phenoxy) is 1. The van der Waals surface area contributed by atoms with Crippen molar-refractivity contribution in [2.45, 2.75) is 9.79 Å². The van der Waals surface area contributed by atoms with Crippen molar-refractivity contribution in [2.24, 2.45) is 0 Å². The Morgan fingerprint density at radius 1 is 1.28 bits per heavy atom. The van der Waals surface area contributed by atoms with E-state index in [1.54, 1.807) is 24.4 Å². The van der Waals surface area contributed by atoms with Crippen molar-refractivity contribution < 1.29 is 19.1 Å². The molecule has 0 atom stereocenters. The van der Waals surface area contributed by atoms with Crippen LogP contribution in [-0.4, -0.2) is 31.8 Å². The molecule has 3 rings (SSSR count). The zero-order valence-electron chi connectivity index (χ0n) is 13.0. The average molecular weight is 379 g/mol. The number of nitrogens with one attached hydrogen (secondary N) is 2. The molecular weight excluding hydrogens is 365 g/mol. The quantitative estimate of drug-likeness (QED) is 0.502. The average Bonchev–Trinajstić information content (AvgIpc) is 2.97. The molecule has 130 valence electrons. The summed E-state index contributed by atoms with van der Waals surface area (Å²) in [6.07, 6.45) is 4.34. The number of fused-ring (bicyclic) bond motifs is 1. The molecule has 0 aliphatic carbocycles. The van der Waals surface area contributed by atoms with Gasteiger partial charge < -0.3 is 24.5 Å². The lowest BCUT2D eigenvalue weighted by Crippen LogP contribution is -2.05. The van der Waals surface area contributed by atoms with Crippen LogP contribution in [0.5, 0.6) is 5.75 Å².